The van der Waals surface area contributed by atoms with Gasteiger partial charge in [0, 0.05) is 19.8 Å². The van der Waals surface area contributed by atoms with Gasteiger partial charge in [0.15, 0.2) is 0 Å². The van der Waals surface area contributed by atoms with Crippen LogP contribution in [-0.2, 0) is 4.74 Å². The Balaban J connectivity index is 1.95. The lowest BCUT2D eigenvalue weighted by Crippen LogP contribution is -2.42. The number of hydrogen-bond acceptors (Lipinski definition) is 2. The van der Waals surface area contributed by atoms with E-state index in [-0.39, 0.29) is 0 Å². The molecule has 2 atom stereocenters. The Hall–Kier alpha value is -0.0800. The van der Waals surface area contributed by atoms with Gasteiger partial charge in [-0.2, -0.15) is 0 Å². The highest BCUT2D eigenvalue weighted by Gasteiger charge is 2.23. The molecule has 0 N–H and O–H groups in total. The number of likely N-dealkylation sites (tertiary alicyclic amines) is 1. The number of nitrogens with zero attached hydrogens (tertiary/aromatic N) is 1. The molecule has 0 aromatic carbocycles. The molecule has 0 aromatic heterocycles. The largest absolute Gasteiger partial charge is 0.385 e. The Kier molecular flexibility index (Phi) is 10.4. The maximum atomic E-state index is 5.08. The van der Waals surface area contributed by atoms with E-state index in [1.165, 1.54) is 77.3 Å². The summed E-state index contributed by atoms with van der Waals surface area (Å²) in [6.07, 6.45) is 13.8. The van der Waals surface area contributed by atoms with Crippen molar-refractivity contribution in [1.29, 1.82) is 0 Å². The zero-order valence-electron chi connectivity index (χ0n) is 14.2. The molecule has 0 aromatic rings. The van der Waals surface area contributed by atoms with Gasteiger partial charge in [0.05, 0.1) is 0 Å². The average molecular weight is 283 g/mol. The Labute approximate surface area is 127 Å². The van der Waals surface area contributed by atoms with Crippen molar-refractivity contribution in [2.45, 2.75) is 84.1 Å². The van der Waals surface area contributed by atoms with Crippen LogP contribution in [0.3, 0.4) is 0 Å². The average Bonchev–Trinajstić information content (AvgIpc) is 2.46. The first-order valence-electron chi connectivity index (χ1n) is 9.01. The number of piperidine rings is 1. The maximum Gasteiger partial charge on any atom is 0.0462 e. The fourth-order valence-electron chi connectivity index (χ4n) is 3.46. The predicted molar refractivity (Wildman–Crippen MR) is 88.2 cm³/mol. The summed E-state index contributed by atoms with van der Waals surface area (Å²) in [5.74, 6) is 0.948. The van der Waals surface area contributed by atoms with Crippen LogP contribution in [0.4, 0.5) is 0 Å². The first kappa shape index (κ1) is 18.0. The van der Waals surface area contributed by atoms with Crippen molar-refractivity contribution in [3.05, 3.63) is 0 Å². The molecule has 120 valence electrons. The van der Waals surface area contributed by atoms with E-state index in [4.69, 9.17) is 4.74 Å². The monoisotopic (exact) mass is 283 g/mol. The summed E-state index contributed by atoms with van der Waals surface area (Å²) in [5.41, 5.74) is 0. The molecule has 2 heteroatoms. The highest BCUT2D eigenvalue weighted by molar-refractivity contribution is 4.78. The van der Waals surface area contributed by atoms with Crippen molar-refractivity contribution < 1.29 is 4.74 Å². The lowest BCUT2D eigenvalue weighted by Gasteiger charge is -2.38. The van der Waals surface area contributed by atoms with Crippen LogP contribution in [0.15, 0.2) is 0 Å². The predicted octanol–water partition coefficient (Wildman–Crippen LogP) is 4.87. The van der Waals surface area contributed by atoms with Crippen LogP contribution in [0, 0.1) is 5.92 Å². The number of ether oxygens (including phenoxy) is 1. The van der Waals surface area contributed by atoms with Crippen LogP contribution >= 0.6 is 0 Å². The van der Waals surface area contributed by atoms with Crippen molar-refractivity contribution in [3.8, 4) is 0 Å². The van der Waals surface area contributed by atoms with Crippen LogP contribution in [0.25, 0.3) is 0 Å². The standard InChI is InChI=1S/C18H37NO/c1-4-18-16-17(2)12-14-19(18)13-10-8-6-5-7-9-11-15-20-3/h17-18H,4-16H2,1-3H3. The van der Waals surface area contributed by atoms with E-state index in [0.717, 1.165) is 18.6 Å². The molecule has 1 aliphatic rings. The summed E-state index contributed by atoms with van der Waals surface area (Å²) in [7, 11) is 1.80. The third-order valence-electron chi connectivity index (χ3n) is 4.86. The normalized spacial score (nSPS) is 24.1. The van der Waals surface area contributed by atoms with Crippen LogP contribution in [0.2, 0.25) is 0 Å². The molecule has 0 saturated carbocycles. The molecule has 0 bridgehead atoms. The third-order valence-corrected chi connectivity index (χ3v) is 4.86. The number of hydrogen-bond donors (Lipinski definition) is 0. The highest BCUT2D eigenvalue weighted by atomic mass is 16.5. The van der Waals surface area contributed by atoms with Crippen LogP contribution < -0.4 is 0 Å². The topological polar surface area (TPSA) is 12.5 Å². The fourth-order valence-corrected chi connectivity index (χ4v) is 3.46. The SMILES string of the molecule is CCC1CC(C)CCN1CCCCCCCCCOC. The Bertz CT molecular complexity index is 219. The van der Waals surface area contributed by atoms with Gasteiger partial charge in [0.2, 0.25) is 0 Å². The molecule has 20 heavy (non-hydrogen) atoms. The smallest absolute Gasteiger partial charge is 0.0462 e. The molecule has 0 spiro atoms. The van der Waals surface area contributed by atoms with Gasteiger partial charge >= 0.3 is 0 Å². The van der Waals surface area contributed by atoms with Gasteiger partial charge in [-0.25, -0.2) is 0 Å². The second-order valence-corrected chi connectivity index (χ2v) is 6.70. The molecule has 0 amide bonds. The van der Waals surface area contributed by atoms with Gasteiger partial charge in [0.25, 0.3) is 0 Å². The van der Waals surface area contributed by atoms with E-state index >= 15 is 0 Å². The third kappa shape index (κ3) is 7.64. The van der Waals surface area contributed by atoms with Crippen LogP contribution in [-0.4, -0.2) is 37.7 Å². The van der Waals surface area contributed by atoms with Crippen molar-refractivity contribution in [2.24, 2.45) is 5.92 Å². The molecule has 0 aliphatic carbocycles. The molecule has 2 unspecified atom stereocenters. The van der Waals surface area contributed by atoms with E-state index < -0.39 is 0 Å². The summed E-state index contributed by atoms with van der Waals surface area (Å²) in [6.45, 7) is 8.40. The first-order chi connectivity index (χ1) is 9.77. The summed E-state index contributed by atoms with van der Waals surface area (Å²) < 4.78 is 5.08. The molecule has 2 nitrogen and oxygen atoms in total. The Morgan fingerprint density at radius 3 is 2.30 bits per heavy atom. The van der Waals surface area contributed by atoms with Crippen LogP contribution in [0.5, 0.6) is 0 Å². The fraction of sp³-hybridized carbons (Fsp3) is 1.00. The summed E-state index contributed by atoms with van der Waals surface area (Å²) in [6, 6.07) is 0.868. The lowest BCUT2D eigenvalue weighted by atomic mass is 9.91. The number of methoxy groups -OCH3 is 1. The molecule has 0 radical (unpaired) electrons. The van der Waals surface area contributed by atoms with E-state index in [0.29, 0.717) is 0 Å². The zero-order chi connectivity index (χ0) is 14.6. The Morgan fingerprint density at radius 2 is 1.65 bits per heavy atom. The molecular weight excluding hydrogens is 246 g/mol. The summed E-state index contributed by atoms with van der Waals surface area (Å²) >= 11 is 0. The van der Waals surface area contributed by atoms with Crippen molar-refractivity contribution >= 4 is 0 Å². The Morgan fingerprint density at radius 1 is 1.00 bits per heavy atom. The first-order valence-corrected chi connectivity index (χ1v) is 9.01. The second-order valence-electron chi connectivity index (χ2n) is 6.70. The zero-order valence-corrected chi connectivity index (χ0v) is 14.2. The van der Waals surface area contributed by atoms with Crippen LogP contribution in [0.1, 0.15) is 78.1 Å². The number of rotatable bonds is 11. The molecule has 1 fully saturated rings. The second kappa shape index (κ2) is 11.6. The van der Waals surface area contributed by atoms with Gasteiger partial charge in [-0.05, 0) is 51.1 Å². The van der Waals surface area contributed by atoms with E-state index in [2.05, 4.69) is 18.7 Å². The van der Waals surface area contributed by atoms with Gasteiger partial charge in [-0.15, -0.1) is 0 Å². The van der Waals surface area contributed by atoms with Gasteiger partial charge in [-0.3, -0.25) is 0 Å². The molecule has 1 aliphatic heterocycles. The minimum atomic E-state index is 0.868. The van der Waals surface area contributed by atoms with Crippen molar-refractivity contribution in [3.63, 3.8) is 0 Å². The molecular formula is C18H37NO. The van der Waals surface area contributed by atoms with E-state index in [9.17, 15) is 0 Å². The summed E-state index contributed by atoms with van der Waals surface area (Å²) in [5, 5.41) is 0. The van der Waals surface area contributed by atoms with Crippen molar-refractivity contribution in [2.75, 3.05) is 26.8 Å². The van der Waals surface area contributed by atoms with Crippen molar-refractivity contribution in [1.82, 2.24) is 4.90 Å². The van der Waals surface area contributed by atoms with E-state index in [1.807, 2.05) is 0 Å². The molecule has 1 rings (SSSR count). The van der Waals surface area contributed by atoms with Gasteiger partial charge < -0.3 is 9.64 Å². The number of unbranched alkanes of at least 4 members (excludes halogenated alkanes) is 6. The summed E-state index contributed by atoms with van der Waals surface area (Å²) in [4.78, 5) is 2.76. The lowest BCUT2D eigenvalue weighted by molar-refractivity contribution is 0.112. The quantitative estimate of drug-likeness (QED) is 0.501. The molecule has 1 saturated heterocycles. The highest BCUT2D eigenvalue weighted by Crippen LogP contribution is 2.24. The van der Waals surface area contributed by atoms with E-state index in [1.54, 1.807) is 7.11 Å². The molecule has 1 heterocycles. The van der Waals surface area contributed by atoms with Gasteiger partial charge in [0.1, 0.15) is 0 Å². The minimum absolute atomic E-state index is 0.868. The maximum absolute atomic E-state index is 5.08. The van der Waals surface area contributed by atoms with Gasteiger partial charge in [-0.1, -0.05) is 46.0 Å². The minimum Gasteiger partial charge on any atom is -0.385 e.